The molecule has 4 rings (SSSR count). The number of phosphoric ester groups is 1. The molecule has 0 aliphatic carbocycles. The number of ether oxygens (including phenoxy) is 1. The Labute approximate surface area is 198 Å². The summed E-state index contributed by atoms with van der Waals surface area (Å²) >= 11 is 0. The zero-order chi connectivity index (χ0) is 25.0. The quantitative estimate of drug-likeness (QED) is 0.256. The van der Waals surface area contributed by atoms with E-state index in [1.807, 2.05) is 0 Å². The number of benzene rings is 1. The molecule has 0 fully saturated rings. The predicted molar refractivity (Wildman–Crippen MR) is 118 cm³/mol. The molecule has 4 aromatic rings. The number of nitrogens with zero attached hydrogens (tertiary/aromatic N) is 3. The van der Waals surface area contributed by atoms with Crippen LogP contribution in [0.1, 0.15) is 11.3 Å². The van der Waals surface area contributed by atoms with Crippen molar-refractivity contribution >= 4 is 13.6 Å². The number of nitrogen functional groups attached to an aromatic ring is 1. The minimum Gasteiger partial charge on any atom is -0.436 e. The first-order valence-corrected chi connectivity index (χ1v) is 11.6. The van der Waals surface area contributed by atoms with Crippen molar-refractivity contribution in [1.29, 1.82) is 0 Å². The van der Waals surface area contributed by atoms with Gasteiger partial charge in [0, 0.05) is 25.7 Å². The Hall–Kier alpha value is -3.70. The molecule has 182 valence electrons. The Morgan fingerprint density at radius 2 is 1.97 bits per heavy atom. The van der Waals surface area contributed by atoms with Gasteiger partial charge in [-0.05, 0) is 29.8 Å². The van der Waals surface area contributed by atoms with Crippen molar-refractivity contribution in [3.8, 4) is 23.0 Å². The average Bonchev–Trinajstić information content (AvgIpc) is 3.29. The number of phosphoric acid groups is 1. The third-order valence-electron chi connectivity index (χ3n) is 4.83. The van der Waals surface area contributed by atoms with Gasteiger partial charge in [0.1, 0.15) is 17.1 Å². The lowest BCUT2D eigenvalue weighted by atomic mass is 10.1. The van der Waals surface area contributed by atoms with E-state index >= 15 is 0 Å². The van der Waals surface area contributed by atoms with Crippen LogP contribution in [0.2, 0.25) is 0 Å². The van der Waals surface area contributed by atoms with Crippen molar-refractivity contribution in [1.82, 2.24) is 10.1 Å². The van der Waals surface area contributed by atoms with Gasteiger partial charge in [0.25, 0.3) is 11.7 Å². The van der Waals surface area contributed by atoms with Crippen LogP contribution in [0.4, 0.5) is 14.6 Å². The molecule has 3 aromatic heterocycles. The summed E-state index contributed by atoms with van der Waals surface area (Å²) in [6.45, 7) is -0.311. The number of anilines is 1. The largest absolute Gasteiger partial charge is 0.475 e. The standard InChI is InChI=1S/C22H19F2N4O6P/c1-31-35(29,30)32-13-28-8-2-3-18(21(28)25)20-11-16(27-34-20)9-14-4-6-17(7-5-14)33-22-19(24)10-15(23)12-26-22/h2-8,10-12,25H,9,13H2,1H3,(H,29,30)/p+1. The number of pyridine rings is 2. The van der Waals surface area contributed by atoms with Crippen LogP contribution in [-0.4, -0.2) is 22.1 Å². The summed E-state index contributed by atoms with van der Waals surface area (Å²) in [7, 11) is -3.11. The Balaban J connectivity index is 1.44. The van der Waals surface area contributed by atoms with Crippen molar-refractivity contribution in [2.24, 2.45) is 0 Å². The van der Waals surface area contributed by atoms with Crippen LogP contribution in [0, 0.1) is 11.6 Å². The van der Waals surface area contributed by atoms with Gasteiger partial charge in [-0.1, -0.05) is 17.3 Å². The first kappa shape index (κ1) is 24.4. The second kappa shape index (κ2) is 10.3. The van der Waals surface area contributed by atoms with Crippen LogP contribution in [0.15, 0.2) is 65.4 Å². The van der Waals surface area contributed by atoms with Gasteiger partial charge < -0.3 is 14.2 Å². The van der Waals surface area contributed by atoms with Gasteiger partial charge in [-0.2, -0.15) is 0 Å². The summed E-state index contributed by atoms with van der Waals surface area (Å²) in [6.07, 6.45) is 2.86. The van der Waals surface area contributed by atoms with Crippen LogP contribution in [0.25, 0.3) is 11.3 Å². The fraction of sp³-hybridized carbons (Fsp3) is 0.136. The maximum absolute atomic E-state index is 13.7. The summed E-state index contributed by atoms with van der Waals surface area (Å²) in [5.41, 5.74) is 8.16. The molecule has 0 aliphatic heterocycles. The number of aromatic nitrogens is 3. The molecule has 0 aliphatic rings. The zero-order valence-electron chi connectivity index (χ0n) is 18.3. The van der Waals surface area contributed by atoms with Gasteiger partial charge in [-0.15, -0.1) is 0 Å². The fourth-order valence-corrected chi connectivity index (χ4v) is 3.44. The Morgan fingerprint density at radius 1 is 1.20 bits per heavy atom. The Kier molecular flexibility index (Phi) is 7.17. The Morgan fingerprint density at radius 3 is 2.69 bits per heavy atom. The SMILES string of the molecule is COP(=O)(O)OC[n+]1cccc(-c2cc(Cc3ccc(Oc4ncc(F)cc4F)cc3)no2)c1N. The molecule has 13 heteroatoms. The van der Waals surface area contributed by atoms with Gasteiger partial charge in [0.2, 0.25) is 6.73 Å². The number of hydrogen-bond donors (Lipinski definition) is 2. The number of hydrogen-bond acceptors (Lipinski definition) is 8. The van der Waals surface area contributed by atoms with Gasteiger partial charge in [0.15, 0.2) is 11.6 Å². The van der Waals surface area contributed by atoms with E-state index < -0.39 is 19.5 Å². The summed E-state index contributed by atoms with van der Waals surface area (Å²) in [6, 6.07) is 12.6. The minimum atomic E-state index is -4.17. The van der Waals surface area contributed by atoms with Crippen LogP contribution in [0.3, 0.4) is 0 Å². The van der Waals surface area contributed by atoms with E-state index in [1.54, 1.807) is 48.7 Å². The first-order valence-electron chi connectivity index (χ1n) is 10.1. The highest BCUT2D eigenvalue weighted by Gasteiger charge is 2.22. The third-order valence-corrected chi connectivity index (χ3v) is 5.73. The second-order valence-electron chi connectivity index (χ2n) is 7.23. The van der Waals surface area contributed by atoms with Crippen molar-refractivity contribution in [3.63, 3.8) is 0 Å². The molecule has 0 saturated carbocycles. The summed E-state index contributed by atoms with van der Waals surface area (Å²) in [5.74, 6) is -1.07. The molecule has 10 nitrogen and oxygen atoms in total. The summed E-state index contributed by atoms with van der Waals surface area (Å²) in [4.78, 5) is 13.0. The van der Waals surface area contributed by atoms with Crippen LogP contribution >= 0.6 is 7.82 Å². The molecule has 35 heavy (non-hydrogen) atoms. The average molecular weight is 505 g/mol. The van der Waals surface area contributed by atoms with Gasteiger partial charge in [-0.3, -0.25) is 10.3 Å². The molecular formula is C22H20F2N4O6P+. The van der Waals surface area contributed by atoms with Crippen molar-refractivity contribution in [2.45, 2.75) is 13.2 Å². The molecule has 0 amide bonds. The molecule has 1 unspecified atom stereocenters. The van der Waals surface area contributed by atoms with E-state index in [2.05, 4.69) is 14.7 Å². The molecule has 0 radical (unpaired) electrons. The molecule has 0 saturated heterocycles. The molecule has 0 spiro atoms. The topological polar surface area (TPSA) is 134 Å². The molecular weight excluding hydrogens is 485 g/mol. The van der Waals surface area contributed by atoms with E-state index in [-0.39, 0.29) is 18.4 Å². The van der Waals surface area contributed by atoms with E-state index in [9.17, 15) is 18.2 Å². The number of rotatable bonds is 9. The summed E-state index contributed by atoms with van der Waals surface area (Å²) in [5, 5.41) is 4.07. The maximum atomic E-state index is 13.7. The van der Waals surface area contributed by atoms with Gasteiger partial charge in [0.05, 0.1) is 18.1 Å². The third kappa shape index (κ3) is 6.06. The molecule has 1 aromatic carbocycles. The van der Waals surface area contributed by atoms with Crippen molar-refractivity contribution < 1.29 is 41.1 Å². The number of halogens is 2. The van der Waals surface area contributed by atoms with Crippen LogP contribution in [0.5, 0.6) is 11.6 Å². The zero-order valence-corrected chi connectivity index (χ0v) is 19.2. The number of nitrogens with two attached hydrogens (primary N) is 1. The van der Waals surface area contributed by atoms with E-state index in [4.69, 9.17) is 19.5 Å². The lowest BCUT2D eigenvalue weighted by Crippen LogP contribution is -2.38. The first-order chi connectivity index (χ1) is 16.7. The van der Waals surface area contributed by atoms with Crippen LogP contribution in [-0.2, 0) is 26.8 Å². The lowest BCUT2D eigenvalue weighted by molar-refractivity contribution is -0.711. The monoisotopic (exact) mass is 505 g/mol. The Bertz CT molecular complexity index is 1380. The van der Waals surface area contributed by atoms with E-state index in [0.29, 0.717) is 35.3 Å². The van der Waals surface area contributed by atoms with Crippen LogP contribution < -0.4 is 15.0 Å². The smallest absolute Gasteiger partial charge is 0.436 e. The highest BCUT2D eigenvalue weighted by molar-refractivity contribution is 7.47. The van der Waals surface area contributed by atoms with E-state index in [0.717, 1.165) is 18.9 Å². The molecule has 0 bridgehead atoms. The highest BCUT2D eigenvalue weighted by Crippen LogP contribution is 2.41. The molecule has 3 N–H and O–H groups in total. The van der Waals surface area contributed by atoms with Crippen molar-refractivity contribution in [2.75, 3.05) is 12.8 Å². The molecule has 1 atom stereocenters. The maximum Gasteiger partial charge on any atom is 0.475 e. The highest BCUT2D eigenvalue weighted by atomic mass is 31.2. The lowest BCUT2D eigenvalue weighted by Gasteiger charge is -2.09. The molecule has 3 heterocycles. The minimum absolute atomic E-state index is 0.231. The fourth-order valence-electron chi connectivity index (χ4n) is 3.07. The van der Waals surface area contributed by atoms with E-state index in [1.165, 1.54) is 4.57 Å². The van der Waals surface area contributed by atoms with Gasteiger partial charge in [-0.25, -0.2) is 27.4 Å². The van der Waals surface area contributed by atoms with Crippen molar-refractivity contribution in [3.05, 3.63) is 83.8 Å². The predicted octanol–water partition coefficient (Wildman–Crippen LogP) is 3.99. The second-order valence-corrected chi connectivity index (χ2v) is 8.79. The normalized spacial score (nSPS) is 12.9. The summed E-state index contributed by atoms with van der Waals surface area (Å²) < 4.78 is 59.7. The van der Waals surface area contributed by atoms with Gasteiger partial charge >= 0.3 is 7.82 Å².